The van der Waals surface area contributed by atoms with Gasteiger partial charge in [0, 0.05) is 18.7 Å². The molecule has 1 fully saturated rings. The first kappa shape index (κ1) is 12.8. The Morgan fingerprint density at radius 2 is 2.11 bits per heavy atom. The predicted octanol–water partition coefficient (Wildman–Crippen LogP) is 1.65. The standard InChI is InChI=1S/C12H14F2N2O2/c1-18-10-5-7(13)9(4-8(10)14)16-11(17)12(6-15)2-3-12/h4-5H,2-3,6,15H2,1H3,(H,16,17). The van der Waals surface area contributed by atoms with Crippen molar-refractivity contribution in [3.05, 3.63) is 23.8 Å². The lowest BCUT2D eigenvalue weighted by atomic mass is 10.1. The molecule has 98 valence electrons. The first-order valence-electron chi connectivity index (χ1n) is 5.57. The van der Waals surface area contributed by atoms with E-state index in [0.717, 1.165) is 12.1 Å². The van der Waals surface area contributed by atoms with Gasteiger partial charge in [0.1, 0.15) is 0 Å². The van der Waals surface area contributed by atoms with Crippen LogP contribution in [0.5, 0.6) is 5.75 Å². The number of benzene rings is 1. The molecule has 0 atom stereocenters. The molecule has 6 heteroatoms. The van der Waals surface area contributed by atoms with Gasteiger partial charge in [-0.15, -0.1) is 0 Å². The van der Waals surface area contributed by atoms with Crippen LogP contribution in [0.4, 0.5) is 14.5 Å². The Labute approximate surface area is 103 Å². The molecular weight excluding hydrogens is 242 g/mol. The zero-order chi connectivity index (χ0) is 13.3. The molecule has 0 aliphatic heterocycles. The normalized spacial score (nSPS) is 16.2. The van der Waals surface area contributed by atoms with Crippen LogP contribution in [0, 0.1) is 17.0 Å². The summed E-state index contributed by atoms with van der Waals surface area (Å²) in [7, 11) is 1.24. The van der Waals surface area contributed by atoms with Gasteiger partial charge < -0.3 is 15.8 Å². The molecule has 0 bridgehead atoms. The van der Waals surface area contributed by atoms with Crippen molar-refractivity contribution in [1.29, 1.82) is 0 Å². The molecule has 0 aromatic heterocycles. The van der Waals surface area contributed by atoms with Gasteiger partial charge in [0.15, 0.2) is 17.4 Å². The Morgan fingerprint density at radius 1 is 1.44 bits per heavy atom. The maximum absolute atomic E-state index is 13.6. The highest BCUT2D eigenvalue weighted by Gasteiger charge is 2.48. The number of ether oxygens (including phenoxy) is 1. The van der Waals surface area contributed by atoms with E-state index in [-0.39, 0.29) is 23.9 Å². The van der Waals surface area contributed by atoms with E-state index in [1.54, 1.807) is 0 Å². The minimum Gasteiger partial charge on any atom is -0.494 e. The third-order valence-electron chi connectivity index (χ3n) is 3.22. The second-order valence-corrected chi connectivity index (χ2v) is 4.41. The van der Waals surface area contributed by atoms with Crippen LogP contribution in [-0.2, 0) is 4.79 Å². The molecule has 0 heterocycles. The SMILES string of the molecule is COc1cc(F)c(NC(=O)C2(CN)CC2)cc1F. The summed E-state index contributed by atoms with van der Waals surface area (Å²) >= 11 is 0. The second kappa shape index (κ2) is 4.53. The highest BCUT2D eigenvalue weighted by molar-refractivity contribution is 5.97. The number of hydrogen-bond donors (Lipinski definition) is 2. The van der Waals surface area contributed by atoms with E-state index in [9.17, 15) is 13.6 Å². The van der Waals surface area contributed by atoms with Crippen LogP contribution in [-0.4, -0.2) is 19.6 Å². The van der Waals surface area contributed by atoms with Crippen molar-refractivity contribution in [2.45, 2.75) is 12.8 Å². The van der Waals surface area contributed by atoms with Crippen molar-refractivity contribution >= 4 is 11.6 Å². The van der Waals surface area contributed by atoms with Crippen LogP contribution < -0.4 is 15.8 Å². The molecule has 3 N–H and O–H groups in total. The maximum atomic E-state index is 13.6. The molecule has 1 saturated carbocycles. The number of nitrogens with two attached hydrogens (primary N) is 1. The zero-order valence-electron chi connectivity index (χ0n) is 9.93. The van der Waals surface area contributed by atoms with Gasteiger partial charge in [-0.05, 0) is 12.8 Å². The molecular formula is C12H14F2N2O2. The number of nitrogens with one attached hydrogen (secondary N) is 1. The Kier molecular flexibility index (Phi) is 3.21. The molecule has 0 spiro atoms. The van der Waals surface area contributed by atoms with Gasteiger partial charge in [0.05, 0.1) is 18.2 Å². The summed E-state index contributed by atoms with van der Waals surface area (Å²) in [6.45, 7) is 0.207. The predicted molar refractivity (Wildman–Crippen MR) is 62.3 cm³/mol. The monoisotopic (exact) mass is 256 g/mol. The molecule has 2 rings (SSSR count). The average Bonchev–Trinajstić information content (AvgIpc) is 3.14. The Bertz CT molecular complexity index is 487. The van der Waals surface area contributed by atoms with Gasteiger partial charge in [-0.2, -0.15) is 0 Å². The van der Waals surface area contributed by atoms with Crippen LogP contribution in [0.15, 0.2) is 12.1 Å². The van der Waals surface area contributed by atoms with Gasteiger partial charge in [0.25, 0.3) is 0 Å². The molecule has 1 aromatic rings. The highest BCUT2D eigenvalue weighted by Crippen LogP contribution is 2.45. The lowest BCUT2D eigenvalue weighted by molar-refractivity contribution is -0.120. The van der Waals surface area contributed by atoms with E-state index in [4.69, 9.17) is 5.73 Å². The first-order valence-corrected chi connectivity index (χ1v) is 5.57. The van der Waals surface area contributed by atoms with Crippen molar-refractivity contribution in [1.82, 2.24) is 0 Å². The van der Waals surface area contributed by atoms with Crippen molar-refractivity contribution in [3.63, 3.8) is 0 Å². The van der Waals surface area contributed by atoms with E-state index in [1.165, 1.54) is 7.11 Å². The fraction of sp³-hybridized carbons (Fsp3) is 0.417. The second-order valence-electron chi connectivity index (χ2n) is 4.41. The van der Waals surface area contributed by atoms with Gasteiger partial charge in [-0.25, -0.2) is 8.78 Å². The number of halogens is 2. The van der Waals surface area contributed by atoms with Gasteiger partial charge in [0.2, 0.25) is 5.91 Å². The molecule has 0 radical (unpaired) electrons. The third kappa shape index (κ3) is 2.15. The summed E-state index contributed by atoms with van der Waals surface area (Å²) in [6.07, 6.45) is 1.35. The fourth-order valence-corrected chi connectivity index (χ4v) is 1.71. The lowest BCUT2D eigenvalue weighted by Crippen LogP contribution is -2.31. The Morgan fingerprint density at radius 3 is 2.61 bits per heavy atom. The van der Waals surface area contributed by atoms with Crippen molar-refractivity contribution < 1.29 is 18.3 Å². The van der Waals surface area contributed by atoms with Gasteiger partial charge in [-0.1, -0.05) is 0 Å². The average molecular weight is 256 g/mol. The minimum atomic E-state index is -0.741. The van der Waals surface area contributed by atoms with Crippen molar-refractivity contribution in [2.75, 3.05) is 19.0 Å². The van der Waals surface area contributed by atoms with E-state index < -0.39 is 17.0 Å². The fourth-order valence-electron chi connectivity index (χ4n) is 1.71. The molecule has 18 heavy (non-hydrogen) atoms. The van der Waals surface area contributed by atoms with Crippen molar-refractivity contribution in [2.24, 2.45) is 11.1 Å². The molecule has 0 unspecified atom stereocenters. The van der Waals surface area contributed by atoms with E-state index in [1.807, 2.05) is 0 Å². The largest absolute Gasteiger partial charge is 0.494 e. The van der Waals surface area contributed by atoms with E-state index >= 15 is 0 Å². The van der Waals surface area contributed by atoms with Crippen molar-refractivity contribution in [3.8, 4) is 5.75 Å². The van der Waals surface area contributed by atoms with Crippen LogP contribution in [0.25, 0.3) is 0 Å². The van der Waals surface area contributed by atoms with Crippen LogP contribution in [0.3, 0.4) is 0 Å². The maximum Gasteiger partial charge on any atom is 0.231 e. The third-order valence-corrected chi connectivity index (χ3v) is 3.22. The Balaban J connectivity index is 2.19. The Hall–Kier alpha value is -1.69. The molecule has 1 amide bonds. The number of carbonyl (C=O) groups is 1. The van der Waals surface area contributed by atoms with Gasteiger partial charge >= 0.3 is 0 Å². The van der Waals surface area contributed by atoms with Crippen LogP contribution in [0.2, 0.25) is 0 Å². The summed E-state index contributed by atoms with van der Waals surface area (Å²) in [5, 5.41) is 2.37. The minimum absolute atomic E-state index is 0.196. The summed E-state index contributed by atoms with van der Waals surface area (Å²) in [5.41, 5.74) is 4.68. The summed E-state index contributed by atoms with van der Waals surface area (Å²) in [4.78, 5) is 11.8. The summed E-state index contributed by atoms with van der Waals surface area (Å²) in [6, 6.07) is 1.80. The number of carbonyl (C=O) groups excluding carboxylic acids is 1. The first-order chi connectivity index (χ1) is 8.52. The number of methoxy groups -OCH3 is 1. The quantitative estimate of drug-likeness (QED) is 0.861. The number of anilines is 1. The van der Waals surface area contributed by atoms with Crippen LogP contribution in [0.1, 0.15) is 12.8 Å². The summed E-state index contributed by atoms with van der Waals surface area (Å²) < 4.78 is 31.6. The topological polar surface area (TPSA) is 64.3 Å². The number of rotatable bonds is 4. The van der Waals surface area contributed by atoms with Crippen LogP contribution >= 0.6 is 0 Å². The molecule has 4 nitrogen and oxygen atoms in total. The highest BCUT2D eigenvalue weighted by atomic mass is 19.1. The van der Waals surface area contributed by atoms with E-state index in [2.05, 4.69) is 10.1 Å². The van der Waals surface area contributed by atoms with Gasteiger partial charge in [-0.3, -0.25) is 4.79 Å². The summed E-state index contributed by atoms with van der Waals surface area (Å²) in [5.74, 6) is -2.04. The van der Waals surface area contributed by atoms with E-state index in [0.29, 0.717) is 12.8 Å². The number of hydrogen-bond acceptors (Lipinski definition) is 3. The smallest absolute Gasteiger partial charge is 0.231 e. The lowest BCUT2D eigenvalue weighted by Gasteiger charge is -2.14. The zero-order valence-corrected chi connectivity index (χ0v) is 9.93. The molecule has 1 aliphatic rings. The number of amides is 1. The molecule has 0 saturated heterocycles. The molecule has 1 aliphatic carbocycles. The molecule has 1 aromatic carbocycles.